The van der Waals surface area contributed by atoms with Crippen LogP contribution in [0.2, 0.25) is 0 Å². The SMILES string of the molecule is CCC1CCCCC1NC(=O)c1cn(C)nc1C. The number of aryl methyl sites for hydroxylation is 2. The Morgan fingerprint density at radius 1 is 1.50 bits per heavy atom. The second-order valence-corrected chi connectivity index (χ2v) is 5.33. The summed E-state index contributed by atoms with van der Waals surface area (Å²) in [5.74, 6) is 0.672. The van der Waals surface area contributed by atoms with Crippen LogP contribution >= 0.6 is 0 Å². The summed E-state index contributed by atoms with van der Waals surface area (Å²) in [6.45, 7) is 4.09. The van der Waals surface area contributed by atoms with Gasteiger partial charge in [0.05, 0.1) is 11.3 Å². The van der Waals surface area contributed by atoms with E-state index in [2.05, 4.69) is 17.3 Å². The molecule has 0 aromatic carbocycles. The monoisotopic (exact) mass is 249 g/mol. The predicted octanol–water partition coefficient (Wildman–Crippen LogP) is 2.43. The van der Waals surface area contributed by atoms with Crippen LogP contribution in [0.1, 0.15) is 55.1 Å². The van der Waals surface area contributed by atoms with Crippen molar-refractivity contribution >= 4 is 5.91 Å². The number of hydrogen-bond acceptors (Lipinski definition) is 2. The summed E-state index contributed by atoms with van der Waals surface area (Å²) in [4.78, 5) is 12.2. The minimum absolute atomic E-state index is 0.0333. The normalized spacial score (nSPS) is 23.9. The fourth-order valence-electron chi connectivity index (χ4n) is 2.95. The molecule has 2 rings (SSSR count). The third-order valence-electron chi connectivity index (χ3n) is 4.01. The number of aromatic nitrogens is 2. The van der Waals surface area contributed by atoms with Gasteiger partial charge in [-0.2, -0.15) is 5.10 Å². The number of amides is 1. The lowest BCUT2D eigenvalue weighted by atomic mass is 9.83. The van der Waals surface area contributed by atoms with Crippen LogP contribution in [0, 0.1) is 12.8 Å². The summed E-state index contributed by atoms with van der Waals surface area (Å²) >= 11 is 0. The number of nitrogens with one attached hydrogen (secondary N) is 1. The molecule has 1 aromatic heterocycles. The molecular formula is C14H23N3O. The fourth-order valence-corrected chi connectivity index (χ4v) is 2.95. The third-order valence-corrected chi connectivity index (χ3v) is 4.01. The van der Waals surface area contributed by atoms with Gasteiger partial charge in [0.25, 0.3) is 5.91 Å². The maximum Gasteiger partial charge on any atom is 0.254 e. The molecule has 1 aromatic rings. The van der Waals surface area contributed by atoms with E-state index < -0.39 is 0 Å². The number of carbonyl (C=O) groups is 1. The van der Waals surface area contributed by atoms with E-state index >= 15 is 0 Å². The van der Waals surface area contributed by atoms with Gasteiger partial charge in [0, 0.05) is 19.3 Å². The molecule has 1 N–H and O–H groups in total. The second kappa shape index (κ2) is 5.55. The zero-order valence-corrected chi connectivity index (χ0v) is 11.6. The van der Waals surface area contributed by atoms with Crippen LogP contribution in [0.3, 0.4) is 0 Å². The van der Waals surface area contributed by atoms with Crippen LogP contribution in [0.4, 0.5) is 0 Å². The van der Waals surface area contributed by atoms with Gasteiger partial charge in [0.15, 0.2) is 0 Å². The summed E-state index contributed by atoms with van der Waals surface area (Å²) in [6.07, 6.45) is 7.84. The van der Waals surface area contributed by atoms with Crippen LogP contribution in [-0.4, -0.2) is 21.7 Å². The Kier molecular flexibility index (Phi) is 4.04. The highest BCUT2D eigenvalue weighted by Gasteiger charge is 2.26. The van der Waals surface area contributed by atoms with Crippen molar-refractivity contribution in [2.45, 2.75) is 52.0 Å². The van der Waals surface area contributed by atoms with Gasteiger partial charge >= 0.3 is 0 Å². The van der Waals surface area contributed by atoms with Gasteiger partial charge in [0.2, 0.25) is 0 Å². The maximum atomic E-state index is 12.2. The molecule has 0 bridgehead atoms. The highest BCUT2D eigenvalue weighted by molar-refractivity contribution is 5.95. The Morgan fingerprint density at radius 3 is 2.83 bits per heavy atom. The van der Waals surface area contributed by atoms with Crippen LogP contribution in [0.15, 0.2) is 6.20 Å². The van der Waals surface area contributed by atoms with Crippen molar-refractivity contribution in [3.8, 4) is 0 Å². The number of rotatable bonds is 3. The zero-order chi connectivity index (χ0) is 13.1. The average Bonchev–Trinajstić information content (AvgIpc) is 2.69. The molecule has 1 aliphatic carbocycles. The Hall–Kier alpha value is -1.32. The Morgan fingerprint density at radius 2 is 2.22 bits per heavy atom. The quantitative estimate of drug-likeness (QED) is 0.894. The Bertz CT molecular complexity index is 425. The molecule has 2 unspecified atom stereocenters. The molecule has 1 saturated carbocycles. The first-order chi connectivity index (χ1) is 8.61. The first-order valence-corrected chi connectivity index (χ1v) is 6.93. The van der Waals surface area contributed by atoms with Crippen molar-refractivity contribution in [2.75, 3.05) is 0 Å². The summed E-state index contributed by atoms with van der Waals surface area (Å²) in [7, 11) is 1.85. The molecule has 1 fully saturated rings. The minimum Gasteiger partial charge on any atom is -0.349 e. The van der Waals surface area contributed by atoms with Crippen molar-refractivity contribution in [1.29, 1.82) is 0 Å². The number of carbonyl (C=O) groups excluding carboxylic acids is 1. The standard InChI is InChI=1S/C14H23N3O/c1-4-11-7-5-6-8-13(11)15-14(18)12-9-17(3)16-10(12)2/h9,11,13H,4-8H2,1-3H3,(H,15,18). The van der Waals surface area contributed by atoms with Gasteiger partial charge in [-0.05, 0) is 25.7 Å². The molecule has 1 amide bonds. The number of nitrogens with zero attached hydrogens (tertiary/aromatic N) is 2. The Balaban J connectivity index is 2.04. The van der Waals surface area contributed by atoms with Crippen molar-refractivity contribution in [2.24, 2.45) is 13.0 Å². The highest BCUT2D eigenvalue weighted by Crippen LogP contribution is 2.27. The van der Waals surface area contributed by atoms with Gasteiger partial charge < -0.3 is 5.32 Å². The fraction of sp³-hybridized carbons (Fsp3) is 0.714. The first-order valence-electron chi connectivity index (χ1n) is 6.93. The minimum atomic E-state index is 0.0333. The van der Waals surface area contributed by atoms with Crippen LogP contribution < -0.4 is 5.32 Å². The van der Waals surface area contributed by atoms with Crippen molar-refractivity contribution in [1.82, 2.24) is 15.1 Å². The first kappa shape index (κ1) is 13.1. The summed E-state index contributed by atoms with van der Waals surface area (Å²) in [5, 5.41) is 7.42. The molecule has 0 spiro atoms. The van der Waals surface area contributed by atoms with Crippen molar-refractivity contribution in [3.63, 3.8) is 0 Å². The largest absolute Gasteiger partial charge is 0.349 e. The van der Waals surface area contributed by atoms with E-state index in [4.69, 9.17) is 0 Å². The maximum absolute atomic E-state index is 12.2. The van der Waals surface area contributed by atoms with E-state index in [0.717, 1.165) is 18.5 Å². The molecule has 1 heterocycles. The molecule has 0 radical (unpaired) electrons. The second-order valence-electron chi connectivity index (χ2n) is 5.33. The Labute approximate surface area is 109 Å². The van der Waals surface area contributed by atoms with Crippen molar-refractivity contribution < 1.29 is 4.79 Å². The van der Waals surface area contributed by atoms with E-state index in [9.17, 15) is 4.79 Å². The smallest absolute Gasteiger partial charge is 0.254 e. The van der Waals surface area contributed by atoms with Crippen LogP contribution in [0.5, 0.6) is 0 Å². The molecule has 100 valence electrons. The molecule has 0 saturated heterocycles. The molecule has 2 atom stereocenters. The lowest BCUT2D eigenvalue weighted by Crippen LogP contribution is -2.42. The topological polar surface area (TPSA) is 46.9 Å². The predicted molar refractivity (Wildman–Crippen MR) is 71.4 cm³/mol. The summed E-state index contributed by atoms with van der Waals surface area (Å²) in [6, 6.07) is 0.343. The van der Waals surface area contributed by atoms with E-state index in [1.54, 1.807) is 10.9 Å². The van der Waals surface area contributed by atoms with Gasteiger partial charge in [-0.3, -0.25) is 9.48 Å². The zero-order valence-electron chi connectivity index (χ0n) is 11.6. The van der Waals surface area contributed by atoms with Gasteiger partial charge in [-0.15, -0.1) is 0 Å². The molecule has 4 heteroatoms. The molecular weight excluding hydrogens is 226 g/mol. The lowest BCUT2D eigenvalue weighted by molar-refractivity contribution is 0.0904. The van der Waals surface area contributed by atoms with Gasteiger partial charge in [0.1, 0.15) is 0 Å². The van der Waals surface area contributed by atoms with E-state index in [-0.39, 0.29) is 5.91 Å². The van der Waals surface area contributed by atoms with Crippen LogP contribution in [-0.2, 0) is 7.05 Å². The van der Waals surface area contributed by atoms with Crippen LogP contribution in [0.25, 0.3) is 0 Å². The molecule has 4 nitrogen and oxygen atoms in total. The summed E-state index contributed by atoms with van der Waals surface area (Å²) in [5.41, 5.74) is 1.51. The van der Waals surface area contributed by atoms with Gasteiger partial charge in [-0.25, -0.2) is 0 Å². The molecule has 1 aliphatic rings. The van der Waals surface area contributed by atoms with E-state index in [1.807, 2.05) is 14.0 Å². The molecule has 18 heavy (non-hydrogen) atoms. The summed E-state index contributed by atoms with van der Waals surface area (Å²) < 4.78 is 1.70. The highest BCUT2D eigenvalue weighted by atomic mass is 16.1. The van der Waals surface area contributed by atoms with Crippen molar-refractivity contribution in [3.05, 3.63) is 17.5 Å². The van der Waals surface area contributed by atoms with Gasteiger partial charge in [-0.1, -0.05) is 26.2 Å². The average molecular weight is 249 g/mol. The van der Waals surface area contributed by atoms with E-state index in [0.29, 0.717) is 17.5 Å². The number of hydrogen-bond donors (Lipinski definition) is 1. The van der Waals surface area contributed by atoms with E-state index in [1.165, 1.54) is 19.3 Å². The lowest BCUT2D eigenvalue weighted by Gasteiger charge is -2.31. The third kappa shape index (κ3) is 2.74. The molecule has 0 aliphatic heterocycles.